The second-order valence-corrected chi connectivity index (χ2v) is 6.59. The zero-order valence-corrected chi connectivity index (χ0v) is 13.2. The average molecular weight is 312 g/mol. The van der Waals surface area contributed by atoms with Crippen LogP contribution in [0.15, 0.2) is 36.7 Å². The van der Waals surface area contributed by atoms with Crippen molar-refractivity contribution < 1.29 is 4.39 Å². The summed E-state index contributed by atoms with van der Waals surface area (Å²) in [6.45, 7) is 4.72. The van der Waals surface area contributed by atoms with Gasteiger partial charge in [-0.15, -0.1) is 0 Å². The maximum Gasteiger partial charge on any atom is 0.222 e. The first-order valence-electron chi connectivity index (χ1n) is 8.29. The lowest BCUT2D eigenvalue weighted by atomic mass is 9.79. The third kappa shape index (κ3) is 2.81. The van der Waals surface area contributed by atoms with E-state index in [2.05, 4.69) is 27.1 Å². The highest BCUT2D eigenvalue weighted by Gasteiger charge is 2.39. The van der Waals surface area contributed by atoms with Crippen molar-refractivity contribution in [1.82, 2.24) is 14.9 Å². The van der Waals surface area contributed by atoms with E-state index in [0.29, 0.717) is 18.0 Å². The van der Waals surface area contributed by atoms with E-state index in [9.17, 15) is 4.39 Å². The van der Waals surface area contributed by atoms with E-state index in [1.807, 2.05) is 0 Å². The molecule has 1 aromatic carbocycles. The van der Waals surface area contributed by atoms with Crippen LogP contribution in [0.4, 0.5) is 10.3 Å². The van der Waals surface area contributed by atoms with Crippen LogP contribution in [0.25, 0.3) is 11.1 Å². The van der Waals surface area contributed by atoms with Crippen molar-refractivity contribution >= 4 is 5.95 Å². The SMILES string of the molecule is C[C@@H]1[C@@H](Nc2ncc(-c3ccc(F)cc3)cn2)C2CCN1CC2. The molecule has 23 heavy (non-hydrogen) atoms. The summed E-state index contributed by atoms with van der Waals surface area (Å²) < 4.78 is 13.0. The van der Waals surface area contributed by atoms with Crippen LogP contribution in [0, 0.1) is 11.7 Å². The van der Waals surface area contributed by atoms with E-state index in [1.165, 1.54) is 38.1 Å². The molecule has 2 atom stereocenters. The number of halogens is 1. The number of anilines is 1. The molecule has 0 unspecified atom stereocenters. The predicted molar refractivity (Wildman–Crippen MR) is 88.6 cm³/mol. The van der Waals surface area contributed by atoms with E-state index < -0.39 is 0 Å². The van der Waals surface area contributed by atoms with E-state index in [1.54, 1.807) is 24.5 Å². The number of fused-ring (bicyclic) bond motifs is 3. The van der Waals surface area contributed by atoms with E-state index in [0.717, 1.165) is 17.0 Å². The van der Waals surface area contributed by atoms with E-state index in [4.69, 9.17) is 0 Å². The second-order valence-electron chi connectivity index (χ2n) is 6.59. The monoisotopic (exact) mass is 312 g/mol. The maximum absolute atomic E-state index is 13.0. The minimum Gasteiger partial charge on any atom is -0.350 e. The summed E-state index contributed by atoms with van der Waals surface area (Å²) in [5, 5.41) is 3.53. The fourth-order valence-electron chi connectivity index (χ4n) is 3.89. The van der Waals surface area contributed by atoms with Gasteiger partial charge in [-0.2, -0.15) is 0 Å². The molecule has 0 saturated carbocycles. The molecule has 2 aromatic rings. The summed E-state index contributed by atoms with van der Waals surface area (Å²) in [6.07, 6.45) is 6.12. The van der Waals surface area contributed by atoms with Crippen molar-refractivity contribution in [2.75, 3.05) is 18.4 Å². The van der Waals surface area contributed by atoms with Crippen LogP contribution in [-0.4, -0.2) is 40.0 Å². The van der Waals surface area contributed by atoms with Crippen molar-refractivity contribution in [2.24, 2.45) is 5.92 Å². The van der Waals surface area contributed by atoms with Gasteiger partial charge in [0.05, 0.1) is 0 Å². The number of hydrogen-bond acceptors (Lipinski definition) is 4. The van der Waals surface area contributed by atoms with Crippen LogP contribution in [0.1, 0.15) is 19.8 Å². The van der Waals surface area contributed by atoms with E-state index >= 15 is 0 Å². The molecule has 2 bridgehead atoms. The highest BCUT2D eigenvalue weighted by atomic mass is 19.1. The Kier molecular flexibility index (Phi) is 3.73. The Bertz CT molecular complexity index is 660. The molecule has 3 fully saturated rings. The average Bonchev–Trinajstić information content (AvgIpc) is 2.60. The Morgan fingerprint density at radius 3 is 2.30 bits per heavy atom. The fourth-order valence-corrected chi connectivity index (χ4v) is 3.89. The summed E-state index contributed by atoms with van der Waals surface area (Å²) in [5.74, 6) is 1.17. The number of piperidine rings is 3. The first-order chi connectivity index (χ1) is 11.2. The van der Waals surface area contributed by atoms with Gasteiger partial charge < -0.3 is 5.32 Å². The summed E-state index contributed by atoms with van der Waals surface area (Å²) >= 11 is 0. The molecule has 5 heteroatoms. The molecule has 4 heterocycles. The summed E-state index contributed by atoms with van der Waals surface area (Å²) in [4.78, 5) is 11.5. The lowest BCUT2D eigenvalue weighted by Crippen LogP contribution is -2.59. The third-order valence-corrected chi connectivity index (χ3v) is 5.30. The van der Waals surface area contributed by atoms with Gasteiger partial charge in [-0.1, -0.05) is 12.1 Å². The molecule has 0 spiro atoms. The topological polar surface area (TPSA) is 41.1 Å². The highest BCUT2D eigenvalue weighted by molar-refractivity contribution is 5.61. The molecule has 3 aliphatic rings. The standard InChI is InChI=1S/C18H21FN4/c1-12-17(14-6-8-23(12)9-7-14)22-18-20-10-15(11-21-18)13-2-4-16(19)5-3-13/h2-5,10-12,14,17H,6-9H2,1H3,(H,20,21,22)/t12-,17-/m1/s1. The van der Waals surface area contributed by atoms with Gasteiger partial charge >= 0.3 is 0 Å². The van der Waals surface area contributed by atoms with Gasteiger partial charge in [-0.05, 0) is 56.5 Å². The van der Waals surface area contributed by atoms with Crippen LogP contribution in [0.5, 0.6) is 0 Å². The largest absolute Gasteiger partial charge is 0.350 e. The first-order valence-corrected chi connectivity index (χ1v) is 8.29. The van der Waals surface area contributed by atoms with Crippen molar-refractivity contribution in [1.29, 1.82) is 0 Å². The Labute approximate surface area is 135 Å². The van der Waals surface area contributed by atoms with Gasteiger partial charge in [0.1, 0.15) is 5.82 Å². The van der Waals surface area contributed by atoms with Crippen molar-refractivity contribution in [3.8, 4) is 11.1 Å². The van der Waals surface area contributed by atoms with Gasteiger partial charge in [0.25, 0.3) is 0 Å². The van der Waals surface area contributed by atoms with Gasteiger partial charge in [0.2, 0.25) is 5.95 Å². The lowest BCUT2D eigenvalue weighted by Gasteiger charge is -2.49. The molecule has 3 saturated heterocycles. The van der Waals surface area contributed by atoms with Crippen LogP contribution >= 0.6 is 0 Å². The number of rotatable bonds is 3. The molecule has 1 N–H and O–H groups in total. The lowest BCUT2D eigenvalue weighted by molar-refractivity contribution is 0.0455. The van der Waals surface area contributed by atoms with Crippen LogP contribution in [0.2, 0.25) is 0 Å². The molecular weight excluding hydrogens is 291 g/mol. The van der Waals surface area contributed by atoms with Crippen LogP contribution in [0.3, 0.4) is 0 Å². The number of aromatic nitrogens is 2. The Morgan fingerprint density at radius 2 is 1.70 bits per heavy atom. The smallest absolute Gasteiger partial charge is 0.222 e. The predicted octanol–water partition coefficient (Wildman–Crippen LogP) is 3.18. The minimum atomic E-state index is -0.232. The van der Waals surface area contributed by atoms with Crippen molar-refractivity contribution in [2.45, 2.75) is 31.8 Å². The molecule has 4 nitrogen and oxygen atoms in total. The quantitative estimate of drug-likeness (QED) is 0.945. The van der Waals surface area contributed by atoms with E-state index in [-0.39, 0.29) is 5.82 Å². The zero-order valence-electron chi connectivity index (χ0n) is 13.2. The molecule has 0 aliphatic carbocycles. The van der Waals surface area contributed by atoms with Gasteiger partial charge in [-0.3, -0.25) is 4.90 Å². The molecule has 0 radical (unpaired) electrons. The highest BCUT2D eigenvalue weighted by Crippen LogP contribution is 2.33. The third-order valence-electron chi connectivity index (χ3n) is 5.30. The number of benzene rings is 1. The second kappa shape index (κ2) is 5.89. The van der Waals surface area contributed by atoms with Crippen LogP contribution in [-0.2, 0) is 0 Å². The summed E-state index contributed by atoms with van der Waals surface area (Å²) in [7, 11) is 0. The molecule has 120 valence electrons. The van der Waals surface area contributed by atoms with Gasteiger partial charge in [-0.25, -0.2) is 14.4 Å². The minimum absolute atomic E-state index is 0.232. The van der Waals surface area contributed by atoms with Gasteiger partial charge in [0.15, 0.2) is 0 Å². The fraction of sp³-hybridized carbons (Fsp3) is 0.444. The zero-order chi connectivity index (χ0) is 15.8. The molecule has 1 aromatic heterocycles. The normalized spacial score (nSPS) is 29.5. The number of nitrogens with one attached hydrogen (secondary N) is 1. The van der Waals surface area contributed by atoms with Crippen molar-refractivity contribution in [3.05, 3.63) is 42.5 Å². The van der Waals surface area contributed by atoms with Gasteiger partial charge in [0, 0.05) is 30.0 Å². The Hall–Kier alpha value is -2.01. The molecule has 5 rings (SSSR count). The summed E-state index contributed by atoms with van der Waals surface area (Å²) in [6, 6.07) is 7.36. The molecule has 3 aliphatic heterocycles. The Balaban J connectivity index is 1.49. The maximum atomic E-state index is 13.0. The van der Waals surface area contributed by atoms with Crippen LogP contribution < -0.4 is 5.32 Å². The van der Waals surface area contributed by atoms with Crippen molar-refractivity contribution in [3.63, 3.8) is 0 Å². The number of hydrogen-bond donors (Lipinski definition) is 1. The number of nitrogens with zero attached hydrogens (tertiary/aromatic N) is 3. The summed E-state index contributed by atoms with van der Waals surface area (Å²) in [5.41, 5.74) is 1.83. The molecule has 0 amide bonds. The first kappa shape index (κ1) is 14.6. The Morgan fingerprint density at radius 1 is 1.04 bits per heavy atom. The molecular formula is C18H21FN4.